The van der Waals surface area contributed by atoms with Crippen LogP contribution in [0.15, 0.2) is 75.6 Å². The van der Waals surface area contributed by atoms with Gasteiger partial charge >= 0.3 is 11.7 Å². The smallest absolute Gasteiger partial charge is 0.339 e. The van der Waals surface area contributed by atoms with Crippen molar-refractivity contribution in [3.8, 4) is 0 Å². The van der Waals surface area contributed by atoms with Gasteiger partial charge in [0, 0.05) is 12.4 Å². The SMILES string of the molecule is Cn1c(=O)n(Cc2ccccc2)c(=O)c2c(C(=O)OCCOCc3ccccc3)csc21. The van der Waals surface area contributed by atoms with Gasteiger partial charge in [0.15, 0.2) is 0 Å². The van der Waals surface area contributed by atoms with Crippen LogP contribution in [0.25, 0.3) is 10.2 Å². The van der Waals surface area contributed by atoms with E-state index >= 15 is 0 Å². The topological polar surface area (TPSA) is 79.5 Å². The van der Waals surface area contributed by atoms with Crippen molar-refractivity contribution < 1.29 is 14.3 Å². The van der Waals surface area contributed by atoms with Gasteiger partial charge in [0.1, 0.15) is 11.4 Å². The van der Waals surface area contributed by atoms with Gasteiger partial charge in [-0.05, 0) is 11.1 Å². The molecule has 0 radical (unpaired) electrons. The van der Waals surface area contributed by atoms with Crippen molar-refractivity contribution in [2.45, 2.75) is 13.2 Å². The van der Waals surface area contributed by atoms with Crippen LogP contribution in [-0.4, -0.2) is 28.3 Å². The van der Waals surface area contributed by atoms with E-state index in [0.717, 1.165) is 15.7 Å². The van der Waals surface area contributed by atoms with E-state index in [0.29, 0.717) is 11.4 Å². The Balaban J connectivity index is 1.51. The van der Waals surface area contributed by atoms with E-state index in [1.54, 1.807) is 12.4 Å². The quantitative estimate of drug-likeness (QED) is 0.304. The minimum atomic E-state index is -0.610. The first-order valence-corrected chi connectivity index (χ1v) is 11.0. The number of aromatic nitrogens is 2. The normalized spacial score (nSPS) is 11.0. The Morgan fingerprint density at radius 3 is 2.28 bits per heavy atom. The minimum Gasteiger partial charge on any atom is -0.460 e. The molecular weight excluding hydrogens is 428 g/mol. The Morgan fingerprint density at radius 1 is 0.938 bits per heavy atom. The standard InChI is InChI=1S/C24H22N2O5S/c1-25-22-20(21(27)26(24(25)29)14-17-8-4-2-5-9-17)19(16-32-22)23(28)31-13-12-30-15-18-10-6-3-7-11-18/h2-11,16H,12-15H2,1H3. The van der Waals surface area contributed by atoms with Gasteiger partial charge in [-0.3, -0.25) is 13.9 Å². The van der Waals surface area contributed by atoms with Crippen LogP contribution in [0.1, 0.15) is 21.5 Å². The monoisotopic (exact) mass is 450 g/mol. The number of rotatable bonds is 8. The van der Waals surface area contributed by atoms with Crippen LogP contribution in [0.5, 0.6) is 0 Å². The van der Waals surface area contributed by atoms with Crippen molar-refractivity contribution in [1.29, 1.82) is 0 Å². The molecule has 0 bridgehead atoms. The van der Waals surface area contributed by atoms with E-state index in [9.17, 15) is 14.4 Å². The third-order valence-corrected chi connectivity index (χ3v) is 6.08. The maximum absolute atomic E-state index is 13.1. The number of fused-ring (bicyclic) bond motifs is 1. The Kier molecular flexibility index (Phi) is 6.63. The summed E-state index contributed by atoms with van der Waals surface area (Å²) in [6.07, 6.45) is 0. The second-order valence-electron chi connectivity index (χ2n) is 7.22. The minimum absolute atomic E-state index is 0.0625. The van der Waals surface area contributed by atoms with Gasteiger partial charge in [-0.25, -0.2) is 9.59 Å². The van der Waals surface area contributed by atoms with Gasteiger partial charge in [0.25, 0.3) is 5.56 Å². The zero-order valence-corrected chi connectivity index (χ0v) is 18.3. The van der Waals surface area contributed by atoms with Crippen molar-refractivity contribution in [1.82, 2.24) is 9.13 Å². The first-order valence-electron chi connectivity index (χ1n) is 10.1. The number of thiophene rings is 1. The summed E-state index contributed by atoms with van der Waals surface area (Å²) >= 11 is 1.17. The molecule has 4 rings (SSSR count). The maximum Gasteiger partial charge on any atom is 0.339 e. The summed E-state index contributed by atoms with van der Waals surface area (Å²) in [5, 5.41) is 1.76. The fourth-order valence-electron chi connectivity index (χ4n) is 3.38. The molecule has 2 aromatic heterocycles. The molecule has 0 aliphatic carbocycles. The second-order valence-corrected chi connectivity index (χ2v) is 8.08. The van der Waals surface area contributed by atoms with E-state index < -0.39 is 17.2 Å². The lowest BCUT2D eigenvalue weighted by atomic mass is 10.2. The van der Waals surface area contributed by atoms with Gasteiger partial charge in [0.2, 0.25) is 0 Å². The fraction of sp³-hybridized carbons (Fsp3) is 0.208. The first kappa shape index (κ1) is 21.7. The number of hydrogen-bond donors (Lipinski definition) is 0. The highest BCUT2D eigenvalue weighted by Gasteiger charge is 2.21. The molecule has 0 saturated heterocycles. The van der Waals surface area contributed by atoms with Crippen LogP contribution >= 0.6 is 11.3 Å². The summed E-state index contributed by atoms with van der Waals surface area (Å²) in [5.74, 6) is -0.610. The van der Waals surface area contributed by atoms with Crippen LogP contribution in [0.2, 0.25) is 0 Å². The fourth-order valence-corrected chi connectivity index (χ4v) is 4.38. The Labute approximate surface area is 188 Å². The Bertz CT molecular complexity index is 1340. The van der Waals surface area contributed by atoms with Gasteiger partial charge in [-0.2, -0.15) is 0 Å². The number of aryl methyl sites for hydroxylation is 1. The van der Waals surface area contributed by atoms with Crippen molar-refractivity contribution in [3.63, 3.8) is 0 Å². The van der Waals surface area contributed by atoms with E-state index in [1.165, 1.54) is 15.9 Å². The number of nitrogens with zero attached hydrogens (tertiary/aromatic N) is 2. The zero-order valence-electron chi connectivity index (χ0n) is 17.5. The van der Waals surface area contributed by atoms with Crippen molar-refractivity contribution in [3.05, 3.63) is 104 Å². The molecule has 164 valence electrons. The highest BCUT2D eigenvalue weighted by molar-refractivity contribution is 7.17. The van der Waals surface area contributed by atoms with Crippen molar-refractivity contribution in [2.75, 3.05) is 13.2 Å². The highest BCUT2D eigenvalue weighted by atomic mass is 32.1. The van der Waals surface area contributed by atoms with E-state index in [4.69, 9.17) is 9.47 Å². The summed E-state index contributed by atoms with van der Waals surface area (Å²) in [4.78, 5) is 39.0. The summed E-state index contributed by atoms with van der Waals surface area (Å²) in [5.41, 5.74) is 1.09. The molecule has 0 aliphatic rings. The summed E-state index contributed by atoms with van der Waals surface area (Å²) in [6.45, 7) is 0.846. The average molecular weight is 451 g/mol. The predicted octanol–water partition coefficient (Wildman–Crippen LogP) is 3.18. The van der Waals surface area contributed by atoms with E-state index in [-0.39, 0.29) is 30.7 Å². The third-order valence-electron chi connectivity index (χ3n) is 5.03. The van der Waals surface area contributed by atoms with Crippen LogP contribution in [0.3, 0.4) is 0 Å². The Hall–Kier alpha value is -3.49. The lowest BCUT2D eigenvalue weighted by Crippen LogP contribution is -2.39. The molecule has 0 N–H and O–H groups in total. The van der Waals surface area contributed by atoms with Crippen molar-refractivity contribution in [2.24, 2.45) is 7.05 Å². The molecule has 0 unspecified atom stereocenters. The number of benzene rings is 2. The third kappa shape index (κ3) is 4.56. The van der Waals surface area contributed by atoms with Crippen LogP contribution in [0, 0.1) is 0 Å². The number of carbonyl (C=O) groups is 1. The number of esters is 1. The van der Waals surface area contributed by atoms with Crippen LogP contribution in [-0.2, 0) is 29.7 Å². The van der Waals surface area contributed by atoms with Crippen LogP contribution in [0.4, 0.5) is 0 Å². The molecule has 0 aliphatic heterocycles. The van der Waals surface area contributed by atoms with E-state index in [1.807, 2.05) is 60.7 Å². The summed E-state index contributed by atoms with van der Waals surface area (Å²) in [7, 11) is 1.59. The van der Waals surface area contributed by atoms with Gasteiger partial charge < -0.3 is 9.47 Å². The number of carbonyl (C=O) groups excluding carboxylic acids is 1. The molecule has 7 nitrogen and oxygen atoms in total. The molecule has 32 heavy (non-hydrogen) atoms. The number of ether oxygens (including phenoxy) is 2. The lowest BCUT2D eigenvalue weighted by molar-refractivity contribution is 0.0290. The summed E-state index contributed by atoms with van der Waals surface area (Å²) in [6, 6.07) is 18.9. The van der Waals surface area contributed by atoms with Crippen LogP contribution < -0.4 is 11.2 Å². The van der Waals surface area contributed by atoms with E-state index in [2.05, 4.69) is 0 Å². The lowest BCUT2D eigenvalue weighted by Gasteiger charge is -2.10. The van der Waals surface area contributed by atoms with Gasteiger partial charge in [-0.15, -0.1) is 11.3 Å². The average Bonchev–Trinajstić information content (AvgIpc) is 3.27. The maximum atomic E-state index is 13.1. The molecule has 0 amide bonds. The molecule has 2 heterocycles. The Morgan fingerprint density at radius 2 is 1.59 bits per heavy atom. The largest absolute Gasteiger partial charge is 0.460 e. The first-order chi connectivity index (χ1) is 15.6. The molecular formula is C24H22N2O5S. The molecule has 0 atom stereocenters. The highest BCUT2D eigenvalue weighted by Crippen LogP contribution is 2.22. The van der Waals surface area contributed by atoms with Crippen molar-refractivity contribution >= 4 is 27.5 Å². The molecule has 8 heteroatoms. The van der Waals surface area contributed by atoms with Gasteiger partial charge in [-0.1, -0.05) is 60.7 Å². The molecule has 0 fully saturated rings. The molecule has 0 saturated carbocycles. The molecule has 0 spiro atoms. The zero-order chi connectivity index (χ0) is 22.5. The van der Waals surface area contributed by atoms with Gasteiger partial charge in [0.05, 0.1) is 30.7 Å². The molecule has 4 aromatic rings. The second kappa shape index (κ2) is 9.76. The molecule has 2 aromatic carbocycles. The number of hydrogen-bond acceptors (Lipinski definition) is 6. The summed E-state index contributed by atoms with van der Waals surface area (Å²) < 4.78 is 13.4. The predicted molar refractivity (Wildman–Crippen MR) is 123 cm³/mol.